The maximum absolute atomic E-state index is 11.5. The highest BCUT2D eigenvalue weighted by molar-refractivity contribution is 5.97. The minimum absolute atomic E-state index is 0.172. The number of esters is 1. The third-order valence-electron chi connectivity index (χ3n) is 2.31. The van der Waals surface area contributed by atoms with Gasteiger partial charge in [0.2, 0.25) is 0 Å². The van der Waals surface area contributed by atoms with Crippen LogP contribution >= 0.6 is 0 Å². The Morgan fingerprint density at radius 1 is 1.31 bits per heavy atom. The highest BCUT2D eigenvalue weighted by Crippen LogP contribution is 2.18. The fourth-order valence-corrected chi connectivity index (χ4v) is 1.43. The average Bonchev–Trinajstić information content (AvgIpc) is 2.31. The van der Waals surface area contributed by atoms with Gasteiger partial charge in [0.1, 0.15) is 0 Å². The fraction of sp³-hybridized carbons (Fsp3) is 0.308. The largest absolute Gasteiger partial charge is 0.463 e. The molecule has 86 valence electrons. The predicted molar refractivity (Wildman–Crippen MR) is 62.8 cm³/mol. The molecule has 1 N–H and O–H groups in total. The minimum atomic E-state index is -0.379. The smallest absolute Gasteiger partial charge is 0.334 e. The van der Waals surface area contributed by atoms with E-state index in [1.54, 1.807) is 13.8 Å². The number of carbonyl (C=O) groups excluding carboxylic acids is 1. The molecule has 0 aliphatic rings. The lowest BCUT2D eigenvalue weighted by Gasteiger charge is -2.09. The average molecular weight is 220 g/mol. The third kappa shape index (κ3) is 2.94. The third-order valence-corrected chi connectivity index (χ3v) is 2.31. The molecule has 1 aromatic carbocycles. The van der Waals surface area contributed by atoms with E-state index in [1.807, 2.05) is 30.3 Å². The summed E-state index contributed by atoms with van der Waals surface area (Å²) in [7, 11) is 0. The zero-order valence-electron chi connectivity index (χ0n) is 9.56. The summed E-state index contributed by atoms with van der Waals surface area (Å²) in [6.07, 6.45) is 0. The molecule has 0 saturated heterocycles. The molecule has 0 saturated carbocycles. The molecule has 1 aromatic rings. The minimum Gasteiger partial charge on any atom is -0.463 e. The Labute approximate surface area is 95.4 Å². The van der Waals surface area contributed by atoms with Crippen molar-refractivity contribution in [3.8, 4) is 0 Å². The standard InChI is InChI=1S/C13H16O3/c1-3-16-13(15)10(2)12(9-14)11-7-5-4-6-8-11/h4-8,14H,3,9H2,1-2H3/b12-10-. The van der Waals surface area contributed by atoms with Crippen molar-refractivity contribution in [3.63, 3.8) is 0 Å². The van der Waals surface area contributed by atoms with Crippen molar-refractivity contribution in [2.45, 2.75) is 13.8 Å². The lowest BCUT2D eigenvalue weighted by molar-refractivity contribution is -0.138. The zero-order valence-corrected chi connectivity index (χ0v) is 9.56. The summed E-state index contributed by atoms with van der Waals surface area (Å²) < 4.78 is 4.90. The molecule has 0 unspecified atom stereocenters. The topological polar surface area (TPSA) is 46.5 Å². The molecular weight excluding hydrogens is 204 g/mol. The molecule has 0 amide bonds. The van der Waals surface area contributed by atoms with Crippen LogP contribution in [0.1, 0.15) is 19.4 Å². The summed E-state index contributed by atoms with van der Waals surface area (Å²) in [6, 6.07) is 9.33. The summed E-state index contributed by atoms with van der Waals surface area (Å²) in [6.45, 7) is 3.58. The van der Waals surface area contributed by atoms with Crippen molar-refractivity contribution < 1.29 is 14.6 Å². The quantitative estimate of drug-likeness (QED) is 0.623. The van der Waals surface area contributed by atoms with Crippen LogP contribution in [-0.4, -0.2) is 24.3 Å². The number of aliphatic hydroxyl groups is 1. The molecule has 0 aromatic heterocycles. The van der Waals surface area contributed by atoms with Crippen molar-refractivity contribution in [1.29, 1.82) is 0 Å². The molecule has 0 bridgehead atoms. The van der Waals surface area contributed by atoms with Crippen LogP contribution in [0.5, 0.6) is 0 Å². The summed E-state index contributed by atoms with van der Waals surface area (Å²) >= 11 is 0. The highest BCUT2D eigenvalue weighted by Gasteiger charge is 2.12. The van der Waals surface area contributed by atoms with E-state index in [4.69, 9.17) is 4.74 Å². The monoisotopic (exact) mass is 220 g/mol. The Balaban J connectivity index is 3.05. The van der Waals surface area contributed by atoms with E-state index < -0.39 is 0 Å². The van der Waals surface area contributed by atoms with E-state index in [-0.39, 0.29) is 12.6 Å². The molecule has 0 fully saturated rings. The van der Waals surface area contributed by atoms with Crippen molar-refractivity contribution in [3.05, 3.63) is 41.5 Å². The lowest BCUT2D eigenvalue weighted by atomic mass is 10.0. The first-order chi connectivity index (χ1) is 7.70. The molecular formula is C13H16O3. The lowest BCUT2D eigenvalue weighted by Crippen LogP contribution is -2.09. The van der Waals surface area contributed by atoms with E-state index in [9.17, 15) is 9.90 Å². The second-order valence-corrected chi connectivity index (χ2v) is 3.35. The van der Waals surface area contributed by atoms with E-state index in [0.29, 0.717) is 17.8 Å². The Kier molecular flexibility index (Phi) is 4.73. The number of ether oxygens (including phenoxy) is 1. The number of hydrogen-bond acceptors (Lipinski definition) is 3. The first-order valence-corrected chi connectivity index (χ1v) is 5.23. The van der Waals surface area contributed by atoms with E-state index in [2.05, 4.69) is 0 Å². The molecule has 1 rings (SSSR count). The molecule has 16 heavy (non-hydrogen) atoms. The normalized spacial score (nSPS) is 11.9. The predicted octanol–water partition coefficient (Wildman–Crippen LogP) is 2.02. The molecule has 0 radical (unpaired) electrons. The Morgan fingerprint density at radius 2 is 1.94 bits per heavy atom. The van der Waals surface area contributed by atoms with E-state index in [0.717, 1.165) is 5.56 Å². The maximum Gasteiger partial charge on any atom is 0.334 e. The van der Waals surface area contributed by atoms with Crippen LogP contribution in [0, 0.1) is 0 Å². The van der Waals surface area contributed by atoms with Gasteiger partial charge in [-0.2, -0.15) is 0 Å². The van der Waals surface area contributed by atoms with Crippen LogP contribution < -0.4 is 0 Å². The van der Waals surface area contributed by atoms with Gasteiger partial charge in [0, 0.05) is 5.57 Å². The fourth-order valence-electron chi connectivity index (χ4n) is 1.43. The number of rotatable bonds is 4. The van der Waals surface area contributed by atoms with Gasteiger partial charge in [0.15, 0.2) is 0 Å². The van der Waals surface area contributed by atoms with Gasteiger partial charge in [0.05, 0.1) is 13.2 Å². The molecule has 3 nitrogen and oxygen atoms in total. The van der Waals surface area contributed by atoms with Crippen LogP contribution in [0.15, 0.2) is 35.9 Å². The van der Waals surface area contributed by atoms with E-state index >= 15 is 0 Å². The summed E-state index contributed by atoms with van der Waals surface area (Å²) in [4.78, 5) is 11.5. The highest BCUT2D eigenvalue weighted by atomic mass is 16.5. The number of carbonyl (C=O) groups is 1. The summed E-state index contributed by atoms with van der Waals surface area (Å²) in [5.41, 5.74) is 1.91. The van der Waals surface area contributed by atoms with Crippen molar-refractivity contribution >= 4 is 11.5 Å². The molecule has 0 atom stereocenters. The Morgan fingerprint density at radius 3 is 2.44 bits per heavy atom. The number of benzene rings is 1. The van der Waals surface area contributed by atoms with Gasteiger partial charge in [0.25, 0.3) is 0 Å². The molecule has 3 heteroatoms. The van der Waals surface area contributed by atoms with Crippen molar-refractivity contribution in [2.75, 3.05) is 13.2 Å². The SMILES string of the molecule is CCOC(=O)/C(C)=C(/CO)c1ccccc1. The van der Waals surface area contributed by atoms with Gasteiger partial charge >= 0.3 is 5.97 Å². The molecule has 0 spiro atoms. The number of aliphatic hydroxyl groups excluding tert-OH is 1. The van der Waals surface area contributed by atoms with Gasteiger partial charge in [-0.05, 0) is 25.0 Å². The Bertz CT molecular complexity index is 379. The van der Waals surface area contributed by atoms with Gasteiger partial charge in [-0.3, -0.25) is 0 Å². The first-order valence-electron chi connectivity index (χ1n) is 5.23. The molecule has 0 aliphatic carbocycles. The molecule has 0 heterocycles. The van der Waals surface area contributed by atoms with Crippen LogP contribution in [0.25, 0.3) is 5.57 Å². The maximum atomic E-state index is 11.5. The van der Waals surface area contributed by atoms with Crippen LogP contribution in [0.2, 0.25) is 0 Å². The van der Waals surface area contributed by atoms with Gasteiger partial charge in [-0.15, -0.1) is 0 Å². The van der Waals surface area contributed by atoms with Crippen LogP contribution in [0.4, 0.5) is 0 Å². The van der Waals surface area contributed by atoms with Crippen LogP contribution in [-0.2, 0) is 9.53 Å². The van der Waals surface area contributed by atoms with Crippen molar-refractivity contribution in [2.24, 2.45) is 0 Å². The van der Waals surface area contributed by atoms with Gasteiger partial charge in [-0.25, -0.2) is 4.79 Å². The second kappa shape index (κ2) is 6.08. The Hall–Kier alpha value is -1.61. The van der Waals surface area contributed by atoms with Crippen molar-refractivity contribution in [1.82, 2.24) is 0 Å². The summed E-state index contributed by atoms with van der Waals surface area (Å²) in [5, 5.41) is 9.30. The molecule has 0 aliphatic heterocycles. The first kappa shape index (κ1) is 12.5. The summed E-state index contributed by atoms with van der Waals surface area (Å²) in [5.74, 6) is -0.379. The number of hydrogen-bond donors (Lipinski definition) is 1. The van der Waals surface area contributed by atoms with Crippen LogP contribution in [0.3, 0.4) is 0 Å². The zero-order chi connectivity index (χ0) is 12.0. The van der Waals surface area contributed by atoms with Gasteiger partial charge in [-0.1, -0.05) is 30.3 Å². The van der Waals surface area contributed by atoms with E-state index in [1.165, 1.54) is 0 Å². The second-order valence-electron chi connectivity index (χ2n) is 3.35. The van der Waals surface area contributed by atoms with Gasteiger partial charge < -0.3 is 9.84 Å².